The molecule has 5 rings (SSSR count). The molecule has 4 saturated carbocycles. The first-order chi connectivity index (χ1) is 13.9. The highest BCUT2D eigenvalue weighted by Gasteiger charge is 2.62. The van der Waals surface area contributed by atoms with Crippen molar-refractivity contribution in [2.24, 2.45) is 39.7 Å². The number of hydrogen-bond donors (Lipinski definition) is 1. The number of fused-ring (bicyclic) bond motifs is 5. The summed E-state index contributed by atoms with van der Waals surface area (Å²) in [5.41, 5.74) is 0.988. The first-order valence-electron chi connectivity index (χ1n) is 11.9. The summed E-state index contributed by atoms with van der Waals surface area (Å²) in [6.07, 6.45) is 9.67. The molecule has 0 aromatic carbocycles. The van der Waals surface area contributed by atoms with E-state index in [2.05, 4.69) is 24.3 Å². The van der Waals surface area contributed by atoms with Gasteiger partial charge >= 0.3 is 0 Å². The minimum absolute atomic E-state index is 0. The second-order valence-corrected chi connectivity index (χ2v) is 11.0. The SMILES string of the molecule is C[C@]12CC/C(=N\OC[C@@H]3CCCN3)CC1C(=O)C[C@@H]1[C@@H]2CC[C@]2(C)C(=O)CC[C@@H]12.Cl. The molecular weight excluding hydrogens is 400 g/mol. The van der Waals surface area contributed by atoms with E-state index in [1.165, 1.54) is 6.42 Å². The maximum absolute atomic E-state index is 13.3. The van der Waals surface area contributed by atoms with E-state index in [0.29, 0.717) is 48.4 Å². The van der Waals surface area contributed by atoms with Gasteiger partial charge in [-0.25, -0.2) is 0 Å². The van der Waals surface area contributed by atoms with Crippen LogP contribution in [0.2, 0.25) is 0 Å². The lowest BCUT2D eigenvalue weighted by molar-refractivity contribution is -0.152. The Balaban J connectivity index is 0.00000218. The van der Waals surface area contributed by atoms with E-state index in [-0.39, 0.29) is 29.2 Å². The van der Waals surface area contributed by atoms with Crippen molar-refractivity contribution in [3.8, 4) is 0 Å². The quantitative estimate of drug-likeness (QED) is 0.669. The average Bonchev–Trinajstić information content (AvgIpc) is 3.31. The molecule has 4 aliphatic carbocycles. The number of nitrogens with one attached hydrogen (secondary N) is 1. The lowest BCUT2D eigenvalue weighted by atomic mass is 9.45. The van der Waals surface area contributed by atoms with Gasteiger partial charge in [0, 0.05) is 30.2 Å². The Morgan fingerprint density at radius 2 is 1.90 bits per heavy atom. The molecule has 0 spiro atoms. The largest absolute Gasteiger partial charge is 0.394 e. The van der Waals surface area contributed by atoms with Crippen LogP contribution in [-0.4, -0.2) is 36.5 Å². The number of Topliss-reactive ketones (excluding diaryl/α,β-unsaturated/α-hetero) is 2. The van der Waals surface area contributed by atoms with Crippen LogP contribution >= 0.6 is 12.4 Å². The molecule has 0 amide bonds. The Bertz CT molecular complexity index is 734. The number of hydrogen-bond acceptors (Lipinski definition) is 5. The molecule has 0 bridgehead atoms. The normalized spacial score (nSPS) is 46.7. The molecular formula is C24H37ClN2O3. The topological polar surface area (TPSA) is 67.8 Å². The van der Waals surface area contributed by atoms with Crippen molar-refractivity contribution in [3.63, 3.8) is 0 Å². The van der Waals surface area contributed by atoms with E-state index in [1.807, 2.05) is 0 Å². The number of rotatable bonds is 3. The Morgan fingerprint density at radius 1 is 1.07 bits per heavy atom. The van der Waals surface area contributed by atoms with Crippen LogP contribution in [0.5, 0.6) is 0 Å². The van der Waals surface area contributed by atoms with Crippen molar-refractivity contribution >= 4 is 29.7 Å². The van der Waals surface area contributed by atoms with Gasteiger partial charge in [-0.15, -0.1) is 12.4 Å². The summed E-state index contributed by atoms with van der Waals surface area (Å²) in [6.45, 7) is 6.27. The third kappa shape index (κ3) is 3.44. The number of ketones is 2. The average molecular weight is 437 g/mol. The van der Waals surface area contributed by atoms with Crippen molar-refractivity contribution in [3.05, 3.63) is 0 Å². The monoisotopic (exact) mass is 436 g/mol. The van der Waals surface area contributed by atoms with Crippen LogP contribution in [0.15, 0.2) is 5.16 Å². The van der Waals surface area contributed by atoms with Crippen LogP contribution in [0.25, 0.3) is 0 Å². The molecule has 7 atom stereocenters. The molecule has 1 N–H and O–H groups in total. The Labute approximate surface area is 186 Å². The molecule has 1 saturated heterocycles. The molecule has 0 aromatic heterocycles. The highest BCUT2D eigenvalue weighted by molar-refractivity contribution is 5.93. The molecule has 0 radical (unpaired) electrons. The summed E-state index contributed by atoms with van der Waals surface area (Å²) in [5.74, 6) is 2.38. The van der Waals surface area contributed by atoms with Crippen molar-refractivity contribution < 1.29 is 14.4 Å². The van der Waals surface area contributed by atoms with Gasteiger partial charge in [0.1, 0.15) is 18.2 Å². The number of nitrogens with zero attached hydrogens (tertiary/aromatic N) is 1. The maximum Gasteiger partial charge on any atom is 0.139 e. The summed E-state index contributed by atoms with van der Waals surface area (Å²) < 4.78 is 0. The zero-order chi connectivity index (χ0) is 20.2. The van der Waals surface area contributed by atoms with E-state index in [9.17, 15) is 9.59 Å². The molecule has 30 heavy (non-hydrogen) atoms. The third-order valence-electron chi connectivity index (χ3n) is 9.64. The van der Waals surface area contributed by atoms with Gasteiger partial charge in [-0.3, -0.25) is 9.59 Å². The van der Waals surface area contributed by atoms with Crippen molar-refractivity contribution in [1.82, 2.24) is 5.32 Å². The lowest BCUT2D eigenvalue weighted by Gasteiger charge is -2.58. The molecule has 6 heteroatoms. The van der Waals surface area contributed by atoms with Crippen molar-refractivity contribution in [2.45, 2.75) is 84.1 Å². The van der Waals surface area contributed by atoms with Crippen LogP contribution in [0.4, 0.5) is 0 Å². The predicted molar refractivity (Wildman–Crippen MR) is 119 cm³/mol. The maximum atomic E-state index is 13.3. The zero-order valence-electron chi connectivity index (χ0n) is 18.5. The first-order valence-corrected chi connectivity index (χ1v) is 11.9. The lowest BCUT2D eigenvalue weighted by Crippen LogP contribution is -2.56. The minimum atomic E-state index is -0.159. The van der Waals surface area contributed by atoms with Crippen LogP contribution in [0.3, 0.4) is 0 Å². The highest BCUT2D eigenvalue weighted by atomic mass is 35.5. The predicted octanol–water partition coefficient (Wildman–Crippen LogP) is 4.32. The minimum Gasteiger partial charge on any atom is -0.394 e. The molecule has 5 nitrogen and oxygen atoms in total. The van der Waals surface area contributed by atoms with Gasteiger partial charge in [-0.1, -0.05) is 19.0 Å². The fourth-order valence-corrected chi connectivity index (χ4v) is 7.82. The fourth-order valence-electron chi connectivity index (χ4n) is 7.82. The number of oxime groups is 1. The van der Waals surface area contributed by atoms with Crippen LogP contribution < -0.4 is 5.32 Å². The van der Waals surface area contributed by atoms with Gasteiger partial charge < -0.3 is 10.2 Å². The summed E-state index contributed by atoms with van der Waals surface area (Å²) in [4.78, 5) is 31.5. The Morgan fingerprint density at radius 3 is 2.67 bits per heavy atom. The highest BCUT2D eigenvalue weighted by Crippen LogP contribution is 2.64. The van der Waals surface area contributed by atoms with E-state index >= 15 is 0 Å². The molecule has 5 aliphatic rings. The van der Waals surface area contributed by atoms with Gasteiger partial charge in [0.05, 0.1) is 5.71 Å². The standard InChI is InChI=1S/C24H36N2O3.ClH/c1-23-9-7-15(26-29-14-16-4-3-11-25-16)12-20(23)21(27)13-17-18-5-6-22(28)24(18,2)10-8-19(17)23;/h16-20,25H,3-14H2,1-2H3;1H/b26-15+;/t16-,17-,18-,19-,20?,23+,24-;/m0./s1. The van der Waals surface area contributed by atoms with E-state index in [1.54, 1.807) is 0 Å². The smallest absolute Gasteiger partial charge is 0.139 e. The van der Waals surface area contributed by atoms with Crippen molar-refractivity contribution in [2.75, 3.05) is 13.2 Å². The van der Waals surface area contributed by atoms with Gasteiger partial charge in [0.25, 0.3) is 0 Å². The Hall–Kier alpha value is -0.940. The summed E-state index contributed by atoms with van der Waals surface area (Å²) in [6, 6.07) is 0.427. The van der Waals surface area contributed by atoms with Gasteiger partial charge in [0.15, 0.2) is 0 Å². The molecule has 1 aliphatic heterocycles. The van der Waals surface area contributed by atoms with Gasteiger partial charge in [-0.2, -0.15) is 0 Å². The number of carbonyl (C=O) groups excluding carboxylic acids is 2. The van der Waals surface area contributed by atoms with E-state index in [0.717, 1.165) is 63.6 Å². The van der Waals surface area contributed by atoms with E-state index < -0.39 is 0 Å². The third-order valence-corrected chi connectivity index (χ3v) is 9.64. The van der Waals surface area contributed by atoms with E-state index in [4.69, 9.17) is 4.84 Å². The van der Waals surface area contributed by atoms with Crippen LogP contribution in [-0.2, 0) is 14.4 Å². The Kier molecular flexibility index (Phi) is 6.08. The first kappa shape index (κ1) is 22.3. The van der Waals surface area contributed by atoms with Crippen molar-refractivity contribution in [1.29, 1.82) is 0 Å². The van der Waals surface area contributed by atoms with Gasteiger partial charge in [0.2, 0.25) is 0 Å². The molecule has 168 valence electrons. The second kappa shape index (κ2) is 8.20. The zero-order valence-corrected chi connectivity index (χ0v) is 19.3. The summed E-state index contributed by atoms with van der Waals surface area (Å²) in [5, 5.41) is 7.90. The molecule has 5 fully saturated rings. The van der Waals surface area contributed by atoms with Gasteiger partial charge in [-0.05, 0) is 81.1 Å². The fraction of sp³-hybridized carbons (Fsp3) is 0.875. The molecule has 1 heterocycles. The second-order valence-electron chi connectivity index (χ2n) is 11.0. The van der Waals surface area contributed by atoms with Crippen LogP contribution in [0, 0.1) is 34.5 Å². The van der Waals surface area contributed by atoms with Crippen LogP contribution in [0.1, 0.15) is 78.1 Å². The number of halogens is 1. The summed E-state index contributed by atoms with van der Waals surface area (Å²) in [7, 11) is 0. The number of carbonyl (C=O) groups is 2. The molecule has 1 unspecified atom stereocenters. The molecule has 0 aromatic rings. The summed E-state index contributed by atoms with van der Waals surface area (Å²) >= 11 is 0.